The van der Waals surface area contributed by atoms with E-state index in [1.54, 1.807) is 6.20 Å². The molecule has 0 saturated heterocycles. The first-order chi connectivity index (χ1) is 9.65. The first-order valence-corrected chi connectivity index (χ1v) is 5.93. The minimum Gasteiger partial charge on any atom is -0.476 e. The van der Waals surface area contributed by atoms with E-state index >= 15 is 0 Å². The van der Waals surface area contributed by atoms with Crippen molar-refractivity contribution in [2.45, 2.75) is 0 Å². The lowest BCUT2D eigenvalue weighted by Gasteiger charge is -2.02. The molecular formula is C14H11N3O3. The van der Waals surface area contributed by atoms with Gasteiger partial charge in [-0.25, -0.2) is 9.78 Å². The van der Waals surface area contributed by atoms with Gasteiger partial charge in [-0.15, -0.1) is 0 Å². The summed E-state index contributed by atoms with van der Waals surface area (Å²) in [4.78, 5) is 15.0. The van der Waals surface area contributed by atoms with E-state index < -0.39 is 5.97 Å². The van der Waals surface area contributed by atoms with E-state index in [0.717, 1.165) is 17.0 Å². The molecular weight excluding hydrogens is 258 g/mol. The second-order valence-corrected chi connectivity index (χ2v) is 4.32. The molecule has 0 bridgehead atoms. The zero-order chi connectivity index (χ0) is 14.1. The highest BCUT2D eigenvalue weighted by molar-refractivity contribution is 5.86. The number of aryl methyl sites for hydroxylation is 1. The largest absolute Gasteiger partial charge is 0.476 e. The van der Waals surface area contributed by atoms with Crippen molar-refractivity contribution in [3.8, 4) is 22.7 Å². The van der Waals surface area contributed by atoms with Gasteiger partial charge in [0.05, 0.1) is 0 Å². The molecule has 0 spiro atoms. The summed E-state index contributed by atoms with van der Waals surface area (Å²) >= 11 is 0. The molecule has 6 nitrogen and oxygen atoms in total. The van der Waals surface area contributed by atoms with Crippen molar-refractivity contribution in [2.75, 3.05) is 0 Å². The Labute approximate surface area is 114 Å². The number of nitrogens with zero attached hydrogens (tertiary/aromatic N) is 3. The molecule has 0 radical (unpaired) electrons. The minimum absolute atomic E-state index is 0.104. The third-order valence-electron chi connectivity index (χ3n) is 2.98. The van der Waals surface area contributed by atoms with E-state index in [1.807, 2.05) is 42.1 Å². The summed E-state index contributed by atoms with van der Waals surface area (Å²) in [5.41, 5.74) is 1.63. The maximum absolute atomic E-state index is 10.8. The highest BCUT2D eigenvalue weighted by Crippen LogP contribution is 2.24. The zero-order valence-electron chi connectivity index (χ0n) is 10.6. The normalized spacial score (nSPS) is 10.7. The van der Waals surface area contributed by atoms with Crippen molar-refractivity contribution in [1.82, 2.24) is 14.7 Å². The van der Waals surface area contributed by atoms with Gasteiger partial charge in [-0.2, -0.15) is 0 Å². The summed E-state index contributed by atoms with van der Waals surface area (Å²) in [7, 11) is 1.92. The molecule has 2 aromatic heterocycles. The van der Waals surface area contributed by atoms with Crippen LogP contribution >= 0.6 is 0 Å². The molecule has 3 aromatic rings. The Morgan fingerprint density at radius 1 is 1.25 bits per heavy atom. The van der Waals surface area contributed by atoms with Gasteiger partial charge in [0.1, 0.15) is 5.82 Å². The summed E-state index contributed by atoms with van der Waals surface area (Å²) in [6.07, 6.45) is 3.61. The Balaban J connectivity index is 1.93. The predicted octanol–water partition coefficient (Wildman–Crippen LogP) is 2.44. The first kappa shape index (κ1) is 12.2. The average molecular weight is 269 g/mol. The standard InChI is InChI=1S/C14H11N3O3/c1-17-7-6-15-13(17)10-4-2-9(3-5-10)12-8-11(14(18)19)16-20-12/h2-8H,1H3,(H,18,19). The Morgan fingerprint density at radius 2 is 1.95 bits per heavy atom. The number of hydrogen-bond donors (Lipinski definition) is 1. The lowest BCUT2D eigenvalue weighted by molar-refractivity contribution is 0.0686. The number of aromatic nitrogens is 3. The lowest BCUT2D eigenvalue weighted by atomic mass is 10.1. The average Bonchev–Trinajstić information content (AvgIpc) is 3.07. The van der Waals surface area contributed by atoms with Crippen LogP contribution in [0.25, 0.3) is 22.7 Å². The van der Waals surface area contributed by atoms with Crippen LogP contribution in [-0.4, -0.2) is 25.8 Å². The fourth-order valence-electron chi connectivity index (χ4n) is 1.94. The number of carboxylic acids is 1. The van der Waals surface area contributed by atoms with E-state index in [0.29, 0.717) is 5.76 Å². The SMILES string of the molecule is Cn1ccnc1-c1ccc(-c2cc(C(=O)O)no2)cc1. The summed E-state index contributed by atoms with van der Waals surface area (Å²) in [6.45, 7) is 0. The van der Waals surface area contributed by atoms with Crippen LogP contribution < -0.4 is 0 Å². The molecule has 1 N–H and O–H groups in total. The second-order valence-electron chi connectivity index (χ2n) is 4.32. The van der Waals surface area contributed by atoms with Crippen LogP contribution in [0.4, 0.5) is 0 Å². The molecule has 0 saturated carbocycles. The minimum atomic E-state index is -1.11. The third kappa shape index (κ3) is 2.07. The fraction of sp³-hybridized carbons (Fsp3) is 0.0714. The second kappa shape index (κ2) is 4.65. The summed E-state index contributed by atoms with van der Waals surface area (Å²) < 4.78 is 6.94. The van der Waals surface area contributed by atoms with Crippen LogP contribution in [0.5, 0.6) is 0 Å². The van der Waals surface area contributed by atoms with Crippen LogP contribution in [0, 0.1) is 0 Å². The molecule has 0 aliphatic rings. The van der Waals surface area contributed by atoms with E-state index in [1.165, 1.54) is 6.07 Å². The lowest BCUT2D eigenvalue weighted by Crippen LogP contribution is -1.94. The Hall–Kier alpha value is -2.89. The van der Waals surface area contributed by atoms with Gasteiger partial charge in [0.15, 0.2) is 11.5 Å². The van der Waals surface area contributed by atoms with Crippen molar-refractivity contribution in [3.63, 3.8) is 0 Å². The van der Waals surface area contributed by atoms with Crippen LogP contribution in [0.1, 0.15) is 10.5 Å². The van der Waals surface area contributed by atoms with Crippen molar-refractivity contribution >= 4 is 5.97 Å². The molecule has 3 rings (SSSR count). The van der Waals surface area contributed by atoms with Crippen molar-refractivity contribution in [1.29, 1.82) is 0 Å². The van der Waals surface area contributed by atoms with Crippen molar-refractivity contribution < 1.29 is 14.4 Å². The summed E-state index contributed by atoms with van der Waals surface area (Å²) in [5, 5.41) is 12.3. The zero-order valence-corrected chi connectivity index (χ0v) is 10.6. The third-order valence-corrected chi connectivity index (χ3v) is 2.98. The van der Waals surface area contributed by atoms with Gasteiger partial charge in [0.25, 0.3) is 0 Å². The molecule has 0 aliphatic heterocycles. The number of imidazole rings is 1. The molecule has 0 atom stereocenters. The fourth-order valence-corrected chi connectivity index (χ4v) is 1.94. The molecule has 2 heterocycles. The molecule has 6 heteroatoms. The smallest absolute Gasteiger partial charge is 0.358 e. The van der Waals surface area contributed by atoms with Gasteiger partial charge < -0.3 is 14.2 Å². The quantitative estimate of drug-likeness (QED) is 0.789. The molecule has 0 fully saturated rings. The Kier molecular flexibility index (Phi) is 2.83. The number of carboxylic acid groups (broad SMARTS) is 1. The van der Waals surface area contributed by atoms with Crippen molar-refractivity contribution in [3.05, 3.63) is 48.4 Å². The molecule has 20 heavy (non-hydrogen) atoms. The number of carbonyl (C=O) groups is 1. The molecule has 1 aromatic carbocycles. The van der Waals surface area contributed by atoms with Gasteiger partial charge in [-0.1, -0.05) is 29.4 Å². The number of aromatic carboxylic acids is 1. The van der Waals surface area contributed by atoms with Gasteiger partial charge >= 0.3 is 5.97 Å². The Morgan fingerprint density at radius 3 is 2.50 bits per heavy atom. The van der Waals surface area contributed by atoms with Crippen LogP contribution in [0.15, 0.2) is 47.2 Å². The maximum Gasteiger partial charge on any atom is 0.358 e. The molecule has 0 amide bonds. The van der Waals surface area contributed by atoms with Gasteiger partial charge in [0, 0.05) is 36.6 Å². The van der Waals surface area contributed by atoms with Gasteiger partial charge in [-0.3, -0.25) is 0 Å². The molecule has 0 aliphatic carbocycles. The van der Waals surface area contributed by atoms with E-state index in [4.69, 9.17) is 9.63 Å². The van der Waals surface area contributed by atoms with E-state index in [9.17, 15) is 4.79 Å². The highest BCUT2D eigenvalue weighted by atomic mass is 16.5. The van der Waals surface area contributed by atoms with Crippen molar-refractivity contribution in [2.24, 2.45) is 7.05 Å². The maximum atomic E-state index is 10.8. The predicted molar refractivity (Wildman–Crippen MR) is 71.1 cm³/mol. The topological polar surface area (TPSA) is 81.2 Å². The van der Waals surface area contributed by atoms with E-state index in [-0.39, 0.29) is 5.69 Å². The van der Waals surface area contributed by atoms with Crippen LogP contribution in [0.3, 0.4) is 0 Å². The number of benzene rings is 1. The monoisotopic (exact) mass is 269 g/mol. The first-order valence-electron chi connectivity index (χ1n) is 5.93. The summed E-state index contributed by atoms with van der Waals surface area (Å²) in [6, 6.07) is 8.89. The van der Waals surface area contributed by atoms with Gasteiger partial charge in [0.2, 0.25) is 0 Å². The van der Waals surface area contributed by atoms with E-state index in [2.05, 4.69) is 10.1 Å². The van der Waals surface area contributed by atoms with Gasteiger partial charge in [-0.05, 0) is 0 Å². The van der Waals surface area contributed by atoms with Crippen LogP contribution in [0.2, 0.25) is 0 Å². The summed E-state index contributed by atoms with van der Waals surface area (Å²) in [5.74, 6) is 0.179. The molecule has 100 valence electrons. The molecule has 0 unspecified atom stereocenters. The number of hydrogen-bond acceptors (Lipinski definition) is 4. The van der Waals surface area contributed by atoms with Crippen LogP contribution in [-0.2, 0) is 7.05 Å². The highest BCUT2D eigenvalue weighted by Gasteiger charge is 2.12. The number of rotatable bonds is 3. The Bertz CT molecular complexity index is 756.